The zero-order chi connectivity index (χ0) is 72.4. The average Bonchev–Trinajstić information content (AvgIpc) is 0.893. The third-order valence-corrected chi connectivity index (χ3v) is 14.2. The number of nitrogens with two attached hydrogens (primary N) is 1. The van der Waals surface area contributed by atoms with Gasteiger partial charge in [-0.1, -0.05) is 36.4 Å². The number of nitrogens with one attached hydrogen (secondary N) is 4. The number of aromatic nitrogens is 3. The second kappa shape index (κ2) is 33.3. The lowest BCUT2D eigenvalue weighted by Gasteiger charge is -2.12. The number of benzene rings is 9. The number of ketones is 3. The van der Waals surface area contributed by atoms with Gasteiger partial charge in [0.1, 0.15) is 17.5 Å². The lowest BCUT2D eigenvalue weighted by Crippen LogP contribution is -2.22. The van der Waals surface area contributed by atoms with E-state index in [0.717, 1.165) is 43.5 Å². The van der Waals surface area contributed by atoms with Crippen molar-refractivity contribution >= 4 is 102 Å². The SMILES string of the molecule is C1CCOC1.Nc1cc(F)c(F)c(C(=O)c2ccc3ncccc3c2)c1F.O=C(Nc1cccc(F)c1)Nc1cc(F)c(F)c(C(=O)c2ccc3ncccc3c2)c1F.O=C(Nc1cccc(F)c1)Nc1cc(F)c(F)c(C(=O)c2ccc3ncccc3c2)c1F.O=C=Nc1cccc(F)c1. The van der Waals surface area contributed by atoms with Crippen LogP contribution in [-0.4, -0.2) is 63.7 Å². The number of hydrogen-bond acceptors (Lipinski definition) is 12. The van der Waals surface area contributed by atoms with Gasteiger partial charge in [0.2, 0.25) is 6.08 Å². The highest BCUT2D eigenvalue weighted by molar-refractivity contribution is 6.14. The number of aliphatic imine (C=N–C) groups is 1. The summed E-state index contributed by atoms with van der Waals surface area (Å²) in [5.41, 5.74) is 1.74. The first-order valence-electron chi connectivity index (χ1n) is 29.5. The number of isocyanates is 1. The van der Waals surface area contributed by atoms with Gasteiger partial charge in [-0.25, -0.2) is 67.1 Å². The molecule has 0 radical (unpaired) electrons. The number of carbonyl (C=O) groups excluding carboxylic acids is 6. The number of halogens is 12. The molecule has 0 bridgehead atoms. The van der Waals surface area contributed by atoms with Crippen molar-refractivity contribution in [3.05, 3.63) is 304 Å². The number of urea groups is 2. The topological polar surface area (TPSA) is 237 Å². The van der Waals surface area contributed by atoms with Crippen molar-refractivity contribution in [1.29, 1.82) is 0 Å². The Morgan fingerprint density at radius 2 is 0.762 bits per heavy atom. The first kappa shape index (κ1) is 72.3. The van der Waals surface area contributed by atoms with Crippen LogP contribution in [0.25, 0.3) is 32.7 Å². The molecule has 12 aromatic rings. The van der Waals surface area contributed by atoms with Gasteiger partial charge in [-0.05, 0) is 134 Å². The van der Waals surface area contributed by atoms with Crippen LogP contribution in [-0.2, 0) is 9.53 Å². The van der Waals surface area contributed by atoms with E-state index in [0.29, 0.717) is 50.9 Å². The molecular weight excluding hydrogens is 1340 g/mol. The van der Waals surface area contributed by atoms with E-state index in [2.05, 4.69) is 30.6 Å². The summed E-state index contributed by atoms with van der Waals surface area (Å²) in [5.74, 6) is -18.4. The number of ether oxygens (including phenoxy) is 1. The Hall–Kier alpha value is -12.9. The quantitative estimate of drug-likeness (QED) is 0.0204. The minimum Gasteiger partial charge on any atom is -0.396 e. The number of rotatable bonds is 11. The van der Waals surface area contributed by atoms with Crippen LogP contribution in [0, 0.1) is 69.8 Å². The highest BCUT2D eigenvalue weighted by Crippen LogP contribution is 2.31. The van der Waals surface area contributed by atoms with E-state index >= 15 is 0 Å². The predicted octanol–water partition coefficient (Wildman–Crippen LogP) is 17.4. The van der Waals surface area contributed by atoms with Crippen LogP contribution in [0.4, 0.5) is 96.4 Å². The van der Waals surface area contributed by atoms with E-state index < -0.39 is 133 Å². The van der Waals surface area contributed by atoms with Crippen LogP contribution < -0.4 is 27.0 Å². The van der Waals surface area contributed by atoms with E-state index in [1.165, 1.54) is 110 Å². The summed E-state index contributed by atoms with van der Waals surface area (Å²) in [6.07, 6.45) is 8.54. The van der Waals surface area contributed by atoms with Gasteiger partial charge in [-0.3, -0.25) is 29.3 Å². The van der Waals surface area contributed by atoms with Gasteiger partial charge in [0.15, 0.2) is 69.7 Å². The van der Waals surface area contributed by atoms with Crippen LogP contribution in [0.5, 0.6) is 0 Å². The molecule has 0 spiro atoms. The molecule has 9 aromatic carbocycles. The zero-order valence-corrected chi connectivity index (χ0v) is 51.6. The Bertz CT molecular complexity index is 4970. The molecule has 510 valence electrons. The van der Waals surface area contributed by atoms with Crippen molar-refractivity contribution in [1.82, 2.24) is 15.0 Å². The second-order valence-corrected chi connectivity index (χ2v) is 21.2. The Kier molecular flexibility index (Phi) is 23.9. The molecule has 6 N–H and O–H groups in total. The molecule has 0 atom stereocenters. The van der Waals surface area contributed by atoms with E-state index in [9.17, 15) is 81.5 Å². The first-order valence-corrected chi connectivity index (χ1v) is 29.5. The number of hydrogen-bond donors (Lipinski definition) is 5. The minimum absolute atomic E-state index is 0.0169. The Labute approximate surface area is 563 Å². The number of pyridine rings is 3. The normalized spacial score (nSPS) is 11.2. The molecule has 13 rings (SSSR count). The maximum absolute atomic E-state index is 15.0. The van der Waals surface area contributed by atoms with Crippen molar-refractivity contribution in [3.8, 4) is 0 Å². The van der Waals surface area contributed by atoms with Gasteiger partial charge in [0, 0.05) is 100 Å². The van der Waals surface area contributed by atoms with Gasteiger partial charge in [-0.15, -0.1) is 0 Å². The fraction of sp³-hybridized carbons (Fsp3) is 0.0548. The van der Waals surface area contributed by atoms with Crippen LogP contribution in [0.2, 0.25) is 0 Å². The molecular formula is C73H47F12N9O7. The molecule has 1 aliphatic rings. The molecule has 0 aliphatic carbocycles. The summed E-state index contributed by atoms with van der Waals surface area (Å²) in [5, 5.41) is 10.2. The molecule has 3 aromatic heterocycles. The number of anilines is 5. The lowest BCUT2D eigenvalue weighted by molar-refractivity contribution is 0.102. The number of nitrogens with zero attached hydrogens (tertiary/aromatic N) is 4. The van der Waals surface area contributed by atoms with Gasteiger partial charge in [-0.2, -0.15) is 4.99 Å². The molecule has 1 aliphatic heterocycles. The molecule has 101 heavy (non-hydrogen) atoms. The standard InChI is InChI=1S/2C23H13F4N3O2.C16H9F3N2O.C7H4FNO.C4H8O/c2*24-14-4-1-5-15(10-14)29-23(32)30-18-11-16(25)20(26)19(21(18)27)22(31)13-6-7-17-12(9-13)3-2-8-28-17;17-10-7-11(20)15(19)13(14(10)18)16(22)9-3-4-12-8(6-9)2-1-5-21-12;8-6-2-1-3-7(4-6)9-5-10;1-2-4-5-3-1/h2*1-11H,(H2,29,30,32);1-7H,20H2;1-4H;1-4H2. The summed E-state index contributed by atoms with van der Waals surface area (Å²) >= 11 is 0. The van der Waals surface area contributed by atoms with Crippen LogP contribution in [0.1, 0.15) is 60.6 Å². The summed E-state index contributed by atoms with van der Waals surface area (Å²) < 4.78 is 172. The summed E-state index contributed by atoms with van der Waals surface area (Å²) in [6.45, 7) is 2.00. The molecule has 28 heteroatoms. The van der Waals surface area contributed by atoms with Gasteiger partial charge in [0.05, 0.1) is 56.0 Å². The van der Waals surface area contributed by atoms with E-state index in [1.54, 1.807) is 61.1 Å². The van der Waals surface area contributed by atoms with Gasteiger partial charge < -0.3 is 31.7 Å². The number of carbonyl (C=O) groups is 5. The maximum atomic E-state index is 15.0. The van der Waals surface area contributed by atoms with Gasteiger partial charge in [0.25, 0.3) is 0 Å². The number of fused-ring (bicyclic) bond motifs is 3. The smallest absolute Gasteiger partial charge is 0.323 e. The number of nitrogen functional groups attached to an aromatic ring is 1. The van der Waals surface area contributed by atoms with Crippen molar-refractivity contribution in [2.24, 2.45) is 4.99 Å². The van der Waals surface area contributed by atoms with Crippen molar-refractivity contribution < 1.29 is 86.2 Å². The molecule has 1 saturated heterocycles. The Morgan fingerprint density at radius 3 is 1.12 bits per heavy atom. The molecule has 1 fully saturated rings. The molecule has 0 saturated carbocycles. The van der Waals surface area contributed by atoms with E-state index in [1.807, 2.05) is 10.6 Å². The minimum atomic E-state index is -1.69. The van der Waals surface area contributed by atoms with Crippen molar-refractivity contribution in [2.75, 3.05) is 40.2 Å². The van der Waals surface area contributed by atoms with Gasteiger partial charge >= 0.3 is 12.1 Å². The zero-order valence-electron chi connectivity index (χ0n) is 51.6. The van der Waals surface area contributed by atoms with Crippen LogP contribution >= 0.6 is 0 Å². The molecule has 4 amide bonds. The molecule has 4 heterocycles. The number of amides is 4. The second-order valence-electron chi connectivity index (χ2n) is 21.2. The molecule has 0 unspecified atom stereocenters. The van der Waals surface area contributed by atoms with Crippen LogP contribution in [0.15, 0.2) is 206 Å². The predicted molar refractivity (Wildman–Crippen MR) is 351 cm³/mol. The van der Waals surface area contributed by atoms with Crippen LogP contribution in [0.3, 0.4) is 0 Å². The Balaban J connectivity index is 0.000000161. The summed E-state index contributed by atoms with van der Waals surface area (Å²) in [6, 6.07) is 37.0. The maximum Gasteiger partial charge on any atom is 0.323 e. The highest BCUT2D eigenvalue weighted by atomic mass is 19.2. The third kappa shape index (κ3) is 18.4. The van der Waals surface area contributed by atoms with Crippen molar-refractivity contribution in [2.45, 2.75) is 12.8 Å². The largest absolute Gasteiger partial charge is 0.396 e. The van der Waals surface area contributed by atoms with E-state index in [-0.39, 0.29) is 33.8 Å². The monoisotopic (exact) mass is 1390 g/mol. The lowest BCUT2D eigenvalue weighted by atomic mass is 9.99. The van der Waals surface area contributed by atoms with E-state index in [4.69, 9.17) is 10.5 Å². The highest BCUT2D eigenvalue weighted by Gasteiger charge is 2.29. The fourth-order valence-electron chi connectivity index (χ4n) is 9.51. The van der Waals surface area contributed by atoms with Crippen molar-refractivity contribution in [3.63, 3.8) is 0 Å². The molecule has 16 nitrogen and oxygen atoms in total. The third-order valence-electron chi connectivity index (χ3n) is 14.2. The summed E-state index contributed by atoms with van der Waals surface area (Å²) in [7, 11) is 0. The average molecular weight is 1390 g/mol. The fourth-order valence-corrected chi connectivity index (χ4v) is 9.51. The summed E-state index contributed by atoms with van der Waals surface area (Å²) in [4.78, 5) is 87.3. The Morgan fingerprint density at radius 1 is 0.396 bits per heavy atom. The first-order chi connectivity index (χ1) is 48.5.